The van der Waals surface area contributed by atoms with Crippen LogP contribution in [0.2, 0.25) is 0 Å². The van der Waals surface area contributed by atoms with Gasteiger partial charge in [-0.2, -0.15) is 0 Å². The second kappa shape index (κ2) is 11.1. The van der Waals surface area contributed by atoms with E-state index >= 15 is 0 Å². The van der Waals surface area contributed by atoms with Crippen LogP contribution < -0.4 is 16.0 Å². The molecule has 0 aromatic carbocycles. The third-order valence-corrected chi connectivity index (χ3v) is 3.61. The van der Waals surface area contributed by atoms with Crippen LogP contribution in [0, 0.1) is 0 Å². The van der Waals surface area contributed by atoms with Crippen LogP contribution in [0.15, 0.2) is 4.99 Å². The van der Waals surface area contributed by atoms with Crippen molar-refractivity contribution in [2.45, 2.75) is 71.9 Å². The SMILES string of the molecule is CCNC(=NCC(CC)(CC)NC(=O)OC(C)(C)C)NCCCF. The molecule has 0 aromatic heterocycles. The number of rotatable bonds is 9. The van der Waals surface area contributed by atoms with Crippen molar-refractivity contribution in [2.24, 2.45) is 4.99 Å². The number of nitrogens with one attached hydrogen (secondary N) is 3. The fourth-order valence-electron chi connectivity index (χ4n) is 2.06. The third kappa shape index (κ3) is 9.57. The highest BCUT2D eigenvalue weighted by atomic mass is 19.1. The minimum Gasteiger partial charge on any atom is -0.444 e. The summed E-state index contributed by atoms with van der Waals surface area (Å²) in [6.45, 7) is 12.8. The maximum Gasteiger partial charge on any atom is 0.408 e. The molecule has 0 bridgehead atoms. The van der Waals surface area contributed by atoms with E-state index in [1.54, 1.807) is 0 Å². The lowest BCUT2D eigenvalue weighted by atomic mass is 9.93. The van der Waals surface area contributed by atoms with Gasteiger partial charge in [0, 0.05) is 13.1 Å². The molecule has 0 rings (SSSR count). The molecule has 0 aliphatic carbocycles. The van der Waals surface area contributed by atoms with Gasteiger partial charge >= 0.3 is 6.09 Å². The Bertz CT molecular complexity index is 391. The number of carbonyl (C=O) groups excluding carboxylic acids is 1. The van der Waals surface area contributed by atoms with Gasteiger partial charge in [0.05, 0.1) is 18.8 Å². The number of alkyl carbamates (subject to hydrolysis) is 1. The summed E-state index contributed by atoms with van der Waals surface area (Å²) in [7, 11) is 0. The van der Waals surface area contributed by atoms with E-state index in [1.807, 2.05) is 41.5 Å². The van der Waals surface area contributed by atoms with E-state index < -0.39 is 17.2 Å². The summed E-state index contributed by atoms with van der Waals surface area (Å²) < 4.78 is 17.6. The molecule has 0 fully saturated rings. The number of carbonyl (C=O) groups is 1. The highest BCUT2D eigenvalue weighted by molar-refractivity contribution is 5.79. The molecule has 24 heavy (non-hydrogen) atoms. The maximum absolute atomic E-state index is 12.2. The Balaban J connectivity index is 4.93. The molecule has 0 aromatic rings. The lowest BCUT2D eigenvalue weighted by molar-refractivity contribution is 0.0452. The fourth-order valence-corrected chi connectivity index (χ4v) is 2.06. The van der Waals surface area contributed by atoms with Crippen LogP contribution in [-0.4, -0.2) is 49.5 Å². The molecular weight excluding hydrogens is 311 g/mol. The zero-order valence-corrected chi connectivity index (χ0v) is 16.1. The molecule has 142 valence electrons. The first-order valence-electron chi connectivity index (χ1n) is 8.81. The Morgan fingerprint density at radius 1 is 1.12 bits per heavy atom. The van der Waals surface area contributed by atoms with Gasteiger partial charge in [0.2, 0.25) is 0 Å². The first kappa shape index (κ1) is 22.5. The van der Waals surface area contributed by atoms with Gasteiger partial charge in [0.15, 0.2) is 5.96 Å². The zero-order chi connectivity index (χ0) is 18.6. The summed E-state index contributed by atoms with van der Waals surface area (Å²) in [4.78, 5) is 16.7. The van der Waals surface area contributed by atoms with Gasteiger partial charge in [-0.1, -0.05) is 13.8 Å². The lowest BCUT2D eigenvalue weighted by Crippen LogP contribution is -2.52. The van der Waals surface area contributed by atoms with E-state index in [4.69, 9.17) is 4.74 Å². The van der Waals surface area contributed by atoms with Gasteiger partial charge < -0.3 is 20.7 Å². The standard InChI is InChI=1S/C17H35FN4O2/c1-7-17(8-2,22-15(23)24-16(4,5)6)13-21-14(19-9-3)20-12-10-11-18/h7-13H2,1-6H3,(H,22,23)(H2,19,20,21). The van der Waals surface area contributed by atoms with Crippen LogP contribution >= 0.6 is 0 Å². The van der Waals surface area contributed by atoms with Gasteiger partial charge in [-0.05, 0) is 47.0 Å². The fraction of sp³-hybridized carbons (Fsp3) is 0.882. The second-order valence-electron chi connectivity index (χ2n) is 6.78. The van der Waals surface area contributed by atoms with Crippen LogP contribution in [-0.2, 0) is 4.74 Å². The number of halogens is 1. The minimum absolute atomic E-state index is 0.361. The highest BCUT2D eigenvalue weighted by Crippen LogP contribution is 2.17. The Kier molecular flexibility index (Phi) is 10.4. The predicted octanol–water partition coefficient (Wildman–Crippen LogP) is 2.98. The molecule has 6 nitrogen and oxygen atoms in total. The molecule has 0 aliphatic heterocycles. The van der Waals surface area contributed by atoms with Crippen LogP contribution in [0.3, 0.4) is 0 Å². The van der Waals surface area contributed by atoms with Crippen LogP contribution in [0.25, 0.3) is 0 Å². The van der Waals surface area contributed by atoms with E-state index in [9.17, 15) is 9.18 Å². The Morgan fingerprint density at radius 3 is 2.21 bits per heavy atom. The van der Waals surface area contributed by atoms with Crippen molar-refractivity contribution in [3.8, 4) is 0 Å². The molecule has 0 radical (unpaired) electrons. The van der Waals surface area contributed by atoms with Crippen molar-refractivity contribution in [3.05, 3.63) is 0 Å². The summed E-state index contributed by atoms with van der Waals surface area (Å²) in [6.07, 6.45) is 1.47. The van der Waals surface area contributed by atoms with Gasteiger partial charge in [-0.25, -0.2) is 4.79 Å². The molecule has 3 N–H and O–H groups in total. The largest absolute Gasteiger partial charge is 0.444 e. The van der Waals surface area contributed by atoms with Crippen molar-refractivity contribution < 1.29 is 13.9 Å². The number of hydrogen-bond acceptors (Lipinski definition) is 3. The van der Waals surface area contributed by atoms with Crippen LogP contribution in [0.1, 0.15) is 60.8 Å². The average Bonchev–Trinajstić information content (AvgIpc) is 2.49. The number of hydrogen-bond donors (Lipinski definition) is 3. The summed E-state index contributed by atoms with van der Waals surface area (Å²) in [6, 6.07) is 0. The van der Waals surface area contributed by atoms with E-state index in [-0.39, 0.29) is 6.67 Å². The molecule has 0 aliphatic rings. The van der Waals surface area contributed by atoms with Crippen molar-refractivity contribution in [3.63, 3.8) is 0 Å². The first-order chi connectivity index (χ1) is 11.2. The number of alkyl halides is 1. The highest BCUT2D eigenvalue weighted by Gasteiger charge is 2.30. The lowest BCUT2D eigenvalue weighted by Gasteiger charge is -2.32. The smallest absolute Gasteiger partial charge is 0.408 e. The summed E-state index contributed by atoms with van der Waals surface area (Å²) >= 11 is 0. The maximum atomic E-state index is 12.2. The Morgan fingerprint density at radius 2 is 1.75 bits per heavy atom. The summed E-state index contributed by atoms with van der Waals surface area (Å²) in [5.41, 5.74) is -1.01. The second-order valence-corrected chi connectivity index (χ2v) is 6.78. The van der Waals surface area contributed by atoms with Crippen LogP contribution in [0.5, 0.6) is 0 Å². The van der Waals surface area contributed by atoms with Gasteiger partial charge in [-0.15, -0.1) is 0 Å². The first-order valence-corrected chi connectivity index (χ1v) is 8.81. The van der Waals surface area contributed by atoms with Gasteiger partial charge in [0.25, 0.3) is 0 Å². The van der Waals surface area contributed by atoms with E-state index in [0.29, 0.717) is 32.0 Å². The molecule has 0 saturated carbocycles. The average molecular weight is 346 g/mol. The quantitative estimate of drug-likeness (QED) is 0.341. The molecule has 0 heterocycles. The predicted molar refractivity (Wildman–Crippen MR) is 97.3 cm³/mol. The van der Waals surface area contributed by atoms with E-state index in [2.05, 4.69) is 20.9 Å². The molecule has 1 amide bonds. The monoisotopic (exact) mass is 346 g/mol. The molecule has 0 spiro atoms. The zero-order valence-electron chi connectivity index (χ0n) is 16.1. The number of amides is 1. The number of guanidine groups is 1. The molecule has 0 unspecified atom stereocenters. The third-order valence-electron chi connectivity index (χ3n) is 3.61. The Hall–Kier alpha value is -1.53. The molecule has 0 saturated heterocycles. The van der Waals surface area contributed by atoms with Crippen molar-refractivity contribution in [2.75, 3.05) is 26.3 Å². The topological polar surface area (TPSA) is 74.8 Å². The van der Waals surface area contributed by atoms with Crippen molar-refractivity contribution in [1.29, 1.82) is 0 Å². The summed E-state index contributed by atoms with van der Waals surface area (Å²) in [5.74, 6) is 0.628. The summed E-state index contributed by atoms with van der Waals surface area (Å²) in [5, 5.41) is 9.18. The van der Waals surface area contributed by atoms with Gasteiger partial charge in [0.1, 0.15) is 5.60 Å². The van der Waals surface area contributed by atoms with Gasteiger partial charge in [-0.3, -0.25) is 9.38 Å². The minimum atomic E-state index is -0.538. The molecular formula is C17H35FN4O2. The molecule has 7 heteroatoms. The Labute approximate surface area is 146 Å². The van der Waals surface area contributed by atoms with Crippen LogP contribution in [0.4, 0.5) is 9.18 Å². The van der Waals surface area contributed by atoms with E-state index in [0.717, 1.165) is 12.8 Å². The number of ether oxygens (including phenoxy) is 1. The molecule has 0 atom stereocenters. The van der Waals surface area contributed by atoms with Crippen molar-refractivity contribution in [1.82, 2.24) is 16.0 Å². The normalized spacial score (nSPS) is 12.7. The van der Waals surface area contributed by atoms with Crippen molar-refractivity contribution >= 4 is 12.1 Å². The number of aliphatic imine (C=N–C) groups is 1. The van der Waals surface area contributed by atoms with E-state index in [1.165, 1.54) is 0 Å². The number of nitrogens with zero attached hydrogens (tertiary/aromatic N) is 1.